The topological polar surface area (TPSA) is 110 Å². The normalized spacial score (nSPS) is 14.1. The molecule has 0 bridgehead atoms. The molecule has 4 rings (SSSR count). The minimum atomic E-state index is -0.650. The van der Waals surface area contributed by atoms with Gasteiger partial charge in [-0.25, -0.2) is 14.5 Å². The van der Waals surface area contributed by atoms with Crippen molar-refractivity contribution in [2.45, 2.75) is 34.1 Å². The summed E-state index contributed by atoms with van der Waals surface area (Å²) in [5.74, 6) is -1.41. The molecule has 1 fully saturated rings. The highest BCUT2D eigenvalue weighted by atomic mass is 16.5. The lowest BCUT2D eigenvalue weighted by molar-refractivity contribution is -0.127. The molecule has 3 aromatic rings. The zero-order valence-corrected chi connectivity index (χ0v) is 21.8. The number of esters is 1. The van der Waals surface area contributed by atoms with Crippen LogP contribution in [0.1, 0.15) is 46.7 Å². The van der Waals surface area contributed by atoms with Crippen molar-refractivity contribution in [3.8, 4) is 5.69 Å². The molecule has 38 heavy (non-hydrogen) atoms. The summed E-state index contributed by atoms with van der Waals surface area (Å²) in [6, 6.07) is 15.7. The first-order valence-corrected chi connectivity index (χ1v) is 12.4. The number of anilines is 1. The summed E-state index contributed by atoms with van der Waals surface area (Å²) in [6.45, 7) is 7.47. The van der Waals surface area contributed by atoms with Gasteiger partial charge in [0.25, 0.3) is 5.91 Å². The molecule has 0 radical (unpaired) electrons. The number of nitrogens with zero attached hydrogens (tertiary/aromatic N) is 2. The van der Waals surface area contributed by atoms with E-state index in [9.17, 15) is 19.2 Å². The Bertz CT molecular complexity index is 1440. The summed E-state index contributed by atoms with van der Waals surface area (Å²) in [5, 5.41) is 5.36. The van der Waals surface area contributed by atoms with Crippen molar-refractivity contribution in [1.82, 2.24) is 14.8 Å². The number of ether oxygens (including phenoxy) is 1. The van der Waals surface area contributed by atoms with Crippen molar-refractivity contribution in [2.24, 2.45) is 0 Å². The van der Waals surface area contributed by atoms with Crippen LogP contribution in [-0.2, 0) is 20.7 Å². The molecule has 0 unspecified atom stereocenters. The number of aryl methyl sites for hydroxylation is 2. The molecule has 2 N–H and O–H groups in total. The van der Waals surface area contributed by atoms with E-state index >= 15 is 0 Å². The van der Waals surface area contributed by atoms with Gasteiger partial charge >= 0.3 is 12.0 Å². The monoisotopic (exact) mass is 514 g/mol. The number of benzene rings is 2. The van der Waals surface area contributed by atoms with Crippen molar-refractivity contribution < 1.29 is 23.9 Å². The average Bonchev–Trinajstić information content (AvgIpc) is 3.33. The molecule has 9 heteroatoms. The van der Waals surface area contributed by atoms with Gasteiger partial charge in [0.1, 0.15) is 12.2 Å². The third kappa shape index (κ3) is 5.36. The number of amides is 4. The molecule has 1 aliphatic heterocycles. The lowest BCUT2D eigenvalue weighted by atomic mass is 10.1. The summed E-state index contributed by atoms with van der Waals surface area (Å²) >= 11 is 0. The molecule has 0 aliphatic carbocycles. The third-order valence-corrected chi connectivity index (χ3v) is 6.34. The predicted octanol–water partition coefficient (Wildman–Crippen LogP) is 4.36. The molecule has 2 heterocycles. The molecule has 4 amide bonds. The highest BCUT2D eigenvalue weighted by Gasteiger charge is 2.35. The predicted molar refractivity (Wildman–Crippen MR) is 144 cm³/mol. The van der Waals surface area contributed by atoms with Gasteiger partial charge in [0, 0.05) is 22.8 Å². The number of aromatic nitrogens is 1. The third-order valence-electron chi connectivity index (χ3n) is 6.34. The van der Waals surface area contributed by atoms with Crippen LogP contribution in [0.2, 0.25) is 0 Å². The number of nitrogens with one attached hydrogen (secondary N) is 2. The second-order valence-electron chi connectivity index (χ2n) is 8.87. The second-order valence-corrected chi connectivity index (χ2v) is 8.87. The van der Waals surface area contributed by atoms with Crippen molar-refractivity contribution >= 4 is 35.6 Å². The first-order valence-electron chi connectivity index (χ1n) is 12.4. The zero-order valence-electron chi connectivity index (χ0n) is 21.8. The fraction of sp³-hybridized carbons (Fsp3) is 0.241. The highest BCUT2D eigenvalue weighted by Crippen LogP contribution is 2.24. The van der Waals surface area contributed by atoms with E-state index in [4.69, 9.17) is 4.74 Å². The van der Waals surface area contributed by atoms with Crippen LogP contribution in [0.3, 0.4) is 0 Å². The van der Waals surface area contributed by atoms with Crippen molar-refractivity contribution in [3.05, 3.63) is 88.4 Å². The van der Waals surface area contributed by atoms with Gasteiger partial charge in [-0.1, -0.05) is 25.1 Å². The van der Waals surface area contributed by atoms with Crippen LogP contribution >= 0.6 is 0 Å². The second kappa shape index (κ2) is 11.2. The van der Waals surface area contributed by atoms with E-state index in [0.717, 1.165) is 39.5 Å². The van der Waals surface area contributed by atoms with E-state index in [1.165, 1.54) is 0 Å². The smallest absolute Gasteiger partial charge is 0.338 e. The maximum Gasteiger partial charge on any atom is 0.338 e. The van der Waals surface area contributed by atoms with Gasteiger partial charge in [-0.3, -0.25) is 9.59 Å². The molecule has 0 atom stereocenters. The molecular formula is C29H30N4O5. The van der Waals surface area contributed by atoms with Gasteiger partial charge in [-0.15, -0.1) is 0 Å². The van der Waals surface area contributed by atoms with Gasteiger partial charge in [-0.2, -0.15) is 0 Å². The number of carbonyl (C=O) groups excluding carboxylic acids is 4. The summed E-state index contributed by atoms with van der Waals surface area (Å²) < 4.78 is 7.03. The minimum absolute atomic E-state index is 0.0923. The number of para-hydroxylation sites is 1. The van der Waals surface area contributed by atoms with Gasteiger partial charge < -0.3 is 19.9 Å². The molecule has 1 aliphatic rings. The Morgan fingerprint density at radius 3 is 2.42 bits per heavy atom. The Labute approximate surface area is 221 Å². The largest absolute Gasteiger partial charge is 0.462 e. The number of carbonyl (C=O) groups is 4. The van der Waals surface area contributed by atoms with Crippen LogP contribution in [0, 0.1) is 13.8 Å². The Morgan fingerprint density at radius 2 is 1.74 bits per heavy atom. The minimum Gasteiger partial charge on any atom is -0.462 e. The Hall–Kier alpha value is -4.66. The summed E-state index contributed by atoms with van der Waals surface area (Å²) in [5.41, 5.74) is 5.50. The standard InChI is InChI=1S/C29H30N4O5/c1-5-20-9-7-8-10-24(20)30-26(34)17-32-27(35)25(31-29(32)37)16-22-15-18(3)33(19(22)4)23-13-11-21(12-14-23)28(36)38-6-2/h7-16H,5-6,17H2,1-4H3,(H,30,34)(H,31,37)/b25-16+. The lowest BCUT2D eigenvalue weighted by Crippen LogP contribution is -2.38. The number of rotatable bonds is 8. The highest BCUT2D eigenvalue weighted by molar-refractivity contribution is 6.16. The van der Waals surface area contributed by atoms with Gasteiger partial charge in [-0.05, 0) is 80.8 Å². The fourth-order valence-corrected chi connectivity index (χ4v) is 4.45. The molecule has 2 aromatic carbocycles. The van der Waals surface area contributed by atoms with Crippen molar-refractivity contribution in [3.63, 3.8) is 0 Å². The lowest BCUT2D eigenvalue weighted by Gasteiger charge is -2.13. The van der Waals surface area contributed by atoms with Crippen LogP contribution in [0.25, 0.3) is 11.8 Å². The van der Waals surface area contributed by atoms with Crippen molar-refractivity contribution in [2.75, 3.05) is 18.5 Å². The maximum atomic E-state index is 13.0. The summed E-state index contributed by atoms with van der Waals surface area (Å²) in [6.07, 6.45) is 2.34. The van der Waals surface area contributed by atoms with E-state index in [2.05, 4.69) is 10.6 Å². The van der Waals surface area contributed by atoms with E-state index < -0.39 is 24.4 Å². The van der Waals surface area contributed by atoms with Crippen molar-refractivity contribution in [1.29, 1.82) is 0 Å². The average molecular weight is 515 g/mol. The van der Waals surface area contributed by atoms with E-state index in [0.29, 0.717) is 17.9 Å². The van der Waals surface area contributed by atoms with E-state index in [1.807, 2.05) is 61.7 Å². The van der Waals surface area contributed by atoms with E-state index in [-0.39, 0.29) is 11.7 Å². The summed E-state index contributed by atoms with van der Waals surface area (Å²) in [7, 11) is 0. The first kappa shape index (κ1) is 26.4. The van der Waals surface area contributed by atoms with Crippen LogP contribution in [0.5, 0.6) is 0 Å². The quantitative estimate of drug-likeness (QED) is 0.264. The first-order chi connectivity index (χ1) is 18.2. The van der Waals surface area contributed by atoms with E-state index in [1.54, 1.807) is 31.2 Å². The van der Waals surface area contributed by atoms with Crippen LogP contribution in [0.15, 0.2) is 60.3 Å². The maximum absolute atomic E-state index is 13.0. The van der Waals surface area contributed by atoms with Gasteiger partial charge in [0.05, 0.1) is 12.2 Å². The number of hydrogen-bond acceptors (Lipinski definition) is 5. The van der Waals surface area contributed by atoms with Gasteiger partial charge in [0.2, 0.25) is 5.91 Å². The number of hydrogen-bond donors (Lipinski definition) is 2. The van der Waals surface area contributed by atoms with Crippen LogP contribution in [0.4, 0.5) is 10.5 Å². The SMILES string of the molecule is CCOC(=O)c1ccc(-n2c(C)cc(/C=C3/NC(=O)N(CC(=O)Nc4ccccc4CC)C3=O)c2C)cc1. The summed E-state index contributed by atoms with van der Waals surface area (Å²) in [4.78, 5) is 51.0. The molecule has 0 saturated carbocycles. The zero-order chi connectivity index (χ0) is 27.4. The Morgan fingerprint density at radius 1 is 1.03 bits per heavy atom. The molecule has 1 aromatic heterocycles. The molecule has 1 saturated heterocycles. The number of urea groups is 1. The van der Waals surface area contributed by atoms with Gasteiger partial charge in [0.15, 0.2) is 0 Å². The molecule has 0 spiro atoms. The molecule has 196 valence electrons. The Kier molecular flexibility index (Phi) is 7.76. The molecular weight excluding hydrogens is 484 g/mol. The fourth-order valence-electron chi connectivity index (χ4n) is 4.45. The number of imide groups is 1. The van der Waals surface area contributed by atoms with Crippen LogP contribution < -0.4 is 10.6 Å². The van der Waals surface area contributed by atoms with Crippen LogP contribution in [-0.4, -0.2) is 46.4 Å². The molecule has 9 nitrogen and oxygen atoms in total. The Balaban J connectivity index is 1.51.